The van der Waals surface area contributed by atoms with Crippen LogP contribution in [0, 0.1) is 13.8 Å². The Labute approximate surface area is 111 Å². The number of hydrogen-bond acceptors (Lipinski definition) is 5. The third-order valence-electron chi connectivity index (χ3n) is 2.70. The molecule has 0 saturated carbocycles. The molecule has 0 unspecified atom stereocenters. The molecule has 0 radical (unpaired) electrons. The van der Waals surface area contributed by atoms with Crippen molar-refractivity contribution >= 4 is 11.7 Å². The number of carbonyl (C=O) groups excluding carboxylic acids is 1. The van der Waals surface area contributed by atoms with Crippen LogP contribution in [-0.2, 0) is 6.54 Å². The molecule has 0 saturated heterocycles. The number of nitrogens with zero attached hydrogens (tertiary/aromatic N) is 3. The molecule has 1 amide bonds. The highest BCUT2D eigenvalue weighted by Gasteiger charge is 2.16. The van der Waals surface area contributed by atoms with Crippen molar-refractivity contribution in [2.45, 2.75) is 20.4 Å². The van der Waals surface area contributed by atoms with Crippen LogP contribution in [0.1, 0.15) is 27.7 Å². The van der Waals surface area contributed by atoms with E-state index in [1.165, 1.54) is 11.1 Å². The SMILES string of the molecule is Cc1nc(C)c(CNc2[nH]ncc2C(=O)N(C)C)o1. The average molecular weight is 263 g/mol. The molecule has 7 nitrogen and oxygen atoms in total. The lowest BCUT2D eigenvalue weighted by Crippen LogP contribution is -2.22. The minimum Gasteiger partial charge on any atom is -0.444 e. The molecule has 0 bridgehead atoms. The summed E-state index contributed by atoms with van der Waals surface area (Å²) in [5, 5.41) is 9.75. The van der Waals surface area contributed by atoms with E-state index >= 15 is 0 Å². The minimum absolute atomic E-state index is 0.110. The molecule has 102 valence electrons. The summed E-state index contributed by atoms with van der Waals surface area (Å²) >= 11 is 0. The highest BCUT2D eigenvalue weighted by Crippen LogP contribution is 2.16. The number of hydrogen-bond donors (Lipinski definition) is 2. The quantitative estimate of drug-likeness (QED) is 0.869. The van der Waals surface area contributed by atoms with Crippen LogP contribution in [0.3, 0.4) is 0 Å². The van der Waals surface area contributed by atoms with Crippen LogP contribution in [-0.4, -0.2) is 40.1 Å². The Kier molecular flexibility index (Phi) is 3.55. The van der Waals surface area contributed by atoms with Crippen molar-refractivity contribution in [3.63, 3.8) is 0 Å². The van der Waals surface area contributed by atoms with Crippen LogP contribution in [0.15, 0.2) is 10.6 Å². The summed E-state index contributed by atoms with van der Waals surface area (Å²) in [6, 6.07) is 0. The van der Waals surface area contributed by atoms with E-state index in [0.29, 0.717) is 23.8 Å². The van der Waals surface area contributed by atoms with Crippen molar-refractivity contribution in [3.8, 4) is 0 Å². The molecule has 2 heterocycles. The molecule has 0 spiro atoms. The van der Waals surface area contributed by atoms with Crippen LogP contribution in [0.5, 0.6) is 0 Å². The van der Waals surface area contributed by atoms with Gasteiger partial charge in [0.25, 0.3) is 5.91 Å². The molecule has 0 aliphatic carbocycles. The smallest absolute Gasteiger partial charge is 0.258 e. The Morgan fingerprint density at radius 3 is 2.79 bits per heavy atom. The summed E-state index contributed by atoms with van der Waals surface area (Å²) in [7, 11) is 3.39. The van der Waals surface area contributed by atoms with Crippen molar-refractivity contribution in [3.05, 3.63) is 29.1 Å². The van der Waals surface area contributed by atoms with Gasteiger partial charge >= 0.3 is 0 Å². The number of aromatic amines is 1. The second-order valence-corrected chi connectivity index (χ2v) is 4.45. The van der Waals surface area contributed by atoms with Gasteiger partial charge in [0.2, 0.25) is 0 Å². The number of rotatable bonds is 4. The van der Waals surface area contributed by atoms with E-state index < -0.39 is 0 Å². The summed E-state index contributed by atoms with van der Waals surface area (Å²) in [4.78, 5) is 17.6. The van der Waals surface area contributed by atoms with Crippen LogP contribution < -0.4 is 5.32 Å². The van der Waals surface area contributed by atoms with Gasteiger partial charge in [0, 0.05) is 21.0 Å². The maximum absolute atomic E-state index is 11.9. The van der Waals surface area contributed by atoms with Crippen molar-refractivity contribution in [2.75, 3.05) is 19.4 Å². The van der Waals surface area contributed by atoms with Crippen LogP contribution >= 0.6 is 0 Å². The van der Waals surface area contributed by atoms with Crippen molar-refractivity contribution < 1.29 is 9.21 Å². The third-order valence-corrected chi connectivity index (χ3v) is 2.70. The molecule has 0 atom stereocenters. The maximum atomic E-state index is 11.9. The number of nitrogens with one attached hydrogen (secondary N) is 2. The molecule has 0 aliphatic heterocycles. The molecule has 0 aliphatic rings. The third kappa shape index (κ3) is 2.75. The zero-order valence-electron chi connectivity index (χ0n) is 11.4. The van der Waals surface area contributed by atoms with E-state index in [4.69, 9.17) is 4.42 Å². The summed E-state index contributed by atoms with van der Waals surface area (Å²) in [5.74, 6) is 1.84. The number of aromatic nitrogens is 3. The largest absolute Gasteiger partial charge is 0.444 e. The monoisotopic (exact) mass is 263 g/mol. The second-order valence-electron chi connectivity index (χ2n) is 4.45. The fourth-order valence-corrected chi connectivity index (χ4v) is 1.73. The highest BCUT2D eigenvalue weighted by atomic mass is 16.4. The first-order valence-electron chi connectivity index (χ1n) is 5.91. The van der Waals surface area contributed by atoms with E-state index in [1.54, 1.807) is 21.0 Å². The summed E-state index contributed by atoms with van der Waals surface area (Å²) in [5.41, 5.74) is 1.34. The van der Waals surface area contributed by atoms with Gasteiger partial charge in [-0.2, -0.15) is 5.10 Å². The Balaban J connectivity index is 2.10. The minimum atomic E-state index is -0.110. The first kappa shape index (κ1) is 13.1. The van der Waals surface area contributed by atoms with Crippen LogP contribution in [0.4, 0.5) is 5.82 Å². The standard InChI is InChI=1S/C12H17N5O2/c1-7-10(19-8(2)15-7)6-13-11-9(5-14-16-11)12(18)17(3)4/h5H,6H2,1-4H3,(H2,13,14,16). The first-order valence-corrected chi connectivity index (χ1v) is 5.91. The predicted octanol–water partition coefficient (Wildman–Crippen LogP) is 1.33. The van der Waals surface area contributed by atoms with Gasteiger partial charge in [-0.25, -0.2) is 4.98 Å². The van der Waals surface area contributed by atoms with E-state index in [1.807, 2.05) is 6.92 Å². The van der Waals surface area contributed by atoms with Gasteiger partial charge in [0.15, 0.2) is 5.89 Å². The zero-order chi connectivity index (χ0) is 14.0. The number of H-pyrrole nitrogens is 1. The molecule has 0 fully saturated rings. The summed E-state index contributed by atoms with van der Waals surface area (Å²) < 4.78 is 5.46. The molecule has 2 aromatic rings. The summed E-state index contributed by atoms with van der Waals surface area (Å²) in [6.45, 7) is 4.13. The van der Waals surface area contributed by atoms with E-state index in [0.717, 1.165) is 11.5 Å². The lowest BCUT2D eigenvalue weighted by Gasteiger charge is -2.10. The maximum Gasteiger partial charge on any atom is 0.258 e. The fourth-order valence-electron chi connectivity index (χ4n) is 1.73. The molecular formula is C12H17N5O2. The number of carbonyl (C=O) groups is 1. The predicted molar refractivity (Wildman–Crippen MR) is 69.9 cm³/mol. The number of anilines is 1. The molecule has 19 heavy (non-hydrogen) atoms. The molecular weight excluding hydrogens is 246 g/mol. The van der Waals surface area contributed by atoms with Gasteiger partial charge in [0.05, 0.1) is 18.4 Å². The highest BCUT2D eigenvalue weighted by molar-refractivity contribution is 5.98. The number of oxazole rings is 1. The lowest BCUT2D eigenvalue weighted by atomic mass is 10.3. The number of aryl methyl sites for hydroxylation is 2. The van der Waals surface area contributed by atoms with Gasteiger partial charge in [-0.1, -0.05) is 0 Å². The molecule has 0 aromatic carbocycles. The molecule has 2 aromatic heterocycles. The first-order chi connectivity index (χ1) is 8.99. The Morgan fingerprint density at radius 1 is 1.47 bits per heavy atom. The van der Waals surface area contributed by atoms with Gasteiger partial charge in [0.1, 0.15) is 17.1 Å². The fraction of sp³-hybridized carbons (Fsp3) is 0.417. The van der Waals surface area contributed by atoms with Crippen molar-refractivity contribution in [1.29, 1.82) is 0 Å². The van der Waals surface area contributed by atoms with E-state index in [-0.39, 0.29) is 5.91 Å². The van der Waals surface area contributed by atoms with Gasteiger partial charge in [-0.3, -0.25) is 9.89 Å². The van der Waals surface area contributed by atoms with E-state index in [2.05, 4.69) is 20.5 Å². The second kappa shape index (κ2) is 5.13. The Bertz CT molecular complexity index is 585. The topological polar surface area (TPSA) is 87.0 Å². The van der Waals surface area contributed by atoms with E-state index in [9.17, 15) is 4.79 Å². The summed E-state index contributed by atoms with van der Waals surface area (Å²) in [6.07, 6.45) is 1.50. The van der Waals surface area contributed by atoms with Gasteiger partial charge in [-0.05, 0) is 6.92 Å². The lowest BCUT2D eigenvalue weighted by molar-refractivity contribution is 0.0828. The van der Waals surface area contributed by atoms with Crippen molar-refractivity contribution in [2.24, 2.45) is 0 Å². The average Bonchev–Trinajstić information content (AvgIpc) is 2.92. The Hall–Kier alpha value is -2.31. The zero-order valence-corrected chi connectivity index (χ0v) is 11.4. The van der Waals surface area contributed by atoms with Gasteiger partial charge < -0.3 is 14.6 Å². The van der Waals surface area contributed by atoms with Crippen LogP contribution in [0.2, 0.25) is 0 Å². The molecule has 2 N–H and O–H groups in total. The molecule has 7 heteroatoms. The van der Waals surface area contributed by atoms with Gasteiger partial charge in [-0.15, -0.1) is 0 Å². The Morgan fingerprint density at radius 2 is 2.21 bits per heavy atom. The normalized spacial score (nSPS) is 10.5. The van der Waals surface area contributed by atoms with Crippen molar-refractivity contribution in [1.82, 2.24) is 20.1 Å². The molecule has 2 rings (SSSR count). The van der Waals surface area contributed by atoms with Crippen LogP contribution in [0.25, 0.3) is 0 Å². The number of amides is 1.